The Hall–Kier alpha value is -0.310. The molecule has 0 amide bonds. The van der Waals surface area contributed by atoms with Crippen molar-refractivity contribution in [3.63, 3.8) is 0 Å². The molecule has 3 atom stereocenters. The Balaban J connectivity index is 2.17. The van der Waals surface area contributed by atoms with Crippen LogP contribution >= 0.6 is 23.2 Å². The SMILES string of the molecule is CC1CC(C)CC(C(O)c2ncc(Cl)cc2Cl)C1. The van der Waals surface area contributed by atoms with Crippen LogP contribution in [0.5, 0.6) is 0 Å². The molecule has 3 unspecified atom stereocenters. The molecule has 100 valence electrons. The number of aliphatic hydroxyl groups excluding tert-OH is 1. The molecule has 0 radical (unpaired) electrons. The Morgan fingerprint density at radius 1 is 1.22 bits per heavy atom. The minimum atomic E-state index is -0.583. The number of hydrogen-bond acceptors (Lipinski definition) is 2. The van der Waals surface area contributed by atoms with E-state index in [1.54, 1.807) is 12.3 Å². The number of nitrogens with zero attached hydrogens (tertiary/aromatic N) is 1. The highest BCUT2D eigenvalue weighted by Crippen LogP contribution is 2.40. The molecule has 4 heteroatoms. The van der Waals surface area contributed by atoms with Gasteiger partial charge in [0, 0.05) is 6.20 Å². The summed E-state index contributed by atoms with van der Waals surface area (Å²) >= 11 is 11.9. The Labute approximate surface area is 118 Å². The van der Waals surface area contributed by atoms with Gasteiger partial charge in [-0.15, -0.1) is 0 Å². The monoisotopic (exact) mass is 287 g/mol. The molecule has 0 bridgehead atoms. The van der Waals surface area contributed by atoms with Crippen LogP contribution in [0.15, 0.2) is 12.3 Å². The Morgan fingerprint density at radius 2 is 1.83 bits per heavy atom. The molecule has 18 heavy (non-hydrogen) atoms. The lowest BCUT2D eigenvalue weighted by Gasteiger charge is -2.34. The second-order valence-electron chi connectivity index (χ2n) is 5.64. The predicted octanol–water partition coefficient (Wildman–Crippen LogP) is 4.49. The quantitative estimate of drug-likeness (QED) is 0.869. The highest BCUT2D eigenvalue weighted by molar-refractivity contribution is 6.34. The summed E-state index contributed by atoms with van der Waals surface area (Å²) in [6, 6.07) is 1.64. The first-order chi connectivity index (χ1) is 8.47. The fraction of sp³-hybridized carbons (Fsp3) is 0.643. The fourth-order valence-electron chi connectivity index (χ4n) is 3.13. The molecule has 0 aromatic carbocycles. The van der Waals surface area contributed by atoms with Crippen LogP contribution in [0.2, 0.25) is 10.0 Å². The van der Waals surface area contributed by atoms with Gasteiger partial charge in [0.15, 0.2) is 0 Å². The molecule has 1 aromatic heterocycles. The third-order valence-electron chi connectivity index (χ3n) is 3.78. The average molecular weight is 288 g/mol. The van der Waals surface area contributed by atoms with E-state index in [4.69, 9.17) is 23.2 Å². The van der Waals surface area contributed by atoms with Crippen LogP contribution in [-0.4, -0.2) is 10.1 Å². The van der Waals surface area contributed by atoms with Gasteiger partial charge in [-0.05, 0) is 43.1 Å². The van der Waals surface area contributed by atoms with Crippen molar-refractivity contribution in [2.24, 2.45) is 17.8 Å². The summed E-state index contributed by atoms with van der Waals surface area (Å²) < 4.78 is 0. The van der Waals surface area contributed by atoms with Crippen molar-refractivity contribution in [3.05, 3.63) is 28.0 Å². The first-order valence-electron chi connectivity index (χ1n) is 6.46. The third-order valence-corrected chi connectivity index (χ3v) is 4.29. The average Bonchev–Trinajstić information content (AvgIpc) is 2.26. The van der Waals surface area contributed by atoms with Gasteiger partial charge in [-0.3, -0.25) is 4.98 Å². The highest BCUT2D eigenvalue weighted by atomic mass is 35.5. The highest BCUT2D eigenvalue weighted by Gasteiger charge is 2.31. The van der Waals surface area contributed by atoms with Crippen LogP contribution in [0.3, 0.4) is 0 Å². The molecule has 0 saturated heterocycles. The maximum Gasteiger partial charge on any atom is 0.100 e. The maximum absolute atomic E-state index is 10.5. The Kier molecular flexibility index (Phi) is 4.52. The smallest absolute Gasteiger partial charge is 0.100 e. The first kappa shape index (κ1) is 14.1. The van der Waals surface area contributed by atoms with Crippen molar-refractivity contribution >= 4 is 23.2 Å². The summed E-state index contributed by atoms with van der Waals surface area (Å²) in [5.41, 5.74) is 0.562. The lowest BCUT2D eigenvalue weighted by molar-refractivity contribution is 0.0523. The van der Waals surface area contributed by atoms with Crippen molar-refractivity contribution in [1.29, 1.82) is 0 Å². The molecule has 1 aliphatic rings. The predicted molar refractivity (Wildman–Crippen MR) is 74.9 cm³/mol. The minimum absolute atomic E-state index is 0.245. The van der Waals surface area contributed by atoms with E-state index < -0.39 is 6.10 Å². The molecule has 1 N–H and O–H groups in total. The van der Waals surface area contributed by atoms with E-state index in [9.17, 15) is 5.11 Å². The fourth-order valence-corrected chi connectivity index (χ4v) is 3.62. The van der Waals surface area contributed by atoms with Gasteiger partial charge in [-0.1, -0.05) is 37.0 Å². The second kappa shape index (κ2) is 5.77. The van der Waals surface area contributed by atoms with E-state index >= 15 is 0 Å². The summed E-state index contributed by atoms with van der Waals surface area (Å²) in [7, 11) is 0. The summed E-state index contributed by atoms with van der Waals surface area (Å²) in [5.74, 6) is 1.55. The summed E-state index contributed by atoms with van der Waals surface area (Å²) in [5, 5.41) is 11.4. The standard InChI is InChI=1S/C14H19Cl2NO/c1-8-3-9(2)5-10(4-8)14(18)13-12(16)6-11(15)7-17-13/h6-10,14,18H,3-5H2,1-2H3. The number of halogens is 2. The first-order valence-corrected chi connectivity index (χ1v) is 7.22. The molecular formula is C14H19Cl2NO. The molecule has 1 fully saturated rings. The van der Waals surface area contributed by atoms with Gasteiger partial charge in [-0.2, -0.15) is 0 Å². The van der Waals surface area contributed by atoms with Crippen LogP contribution in [0, 0.1) is 17.8 Å². The van der Waals surface area contributed by atoms with Gasteiger partial charge in [-0.25, -0.2) is 0 Å². The minimum Gasteiger partial charge on any atom is -0.386 e. The van der Waals surface area contributed by atoms with Crippen molar-refractivity contribution in [2.75, 3.05) is 0 Å². The largest absolute Gasteiger partial charge is 0.386 e. The molecule has 0 aliphatic heterocycles. The van der Waals surface area contributed by atoms with Gasteiger partial charge >= 0.3 is 0 Å². The zero-order valence-corrected chi connectivity index (χ0v) is 12.2. The van der Waals surface area contributed by atoms with Crippen LogP contribution in [0.25, 0.3) is 0 Å². The lowest BCUT2D eigenvalue weighted by Crippen LogP contribution is -2.25. The second-order valence-corrected chi connectivity index (χ2v) is 6.49. The number of aromatic nitrogens is 1. The zero-order chi connectivity index (χ0) is 13.3. The number of aliphatic hydroxyl groups is 1. The Morgan fingerprint density at radius 3 is 2.39 bits per heavy atom. The number of pyridine rings is 1. The van der Waals surface area contributed by atoms with E-state index in [0.29, 0.717) is 27.6 Å². The van der Waals surface area contributed by atoms with Crippen LogP contribution in [0.4, 0.5) is 0 Å². The van der Waals surface area contributed by atoms with Crippen LogP contribution < -0.4 is 0 Å². The summed E-state index contributed by atoms with van der Waals surface area (Å²) in [6.07, 6.45) is 4.27. The molecular weight excluding hydrogens is 269 g/mol. The summed E-state index contributed by atoms with van der Waals surface area (Å²) in [6.45, 7) is 4.48. The zero-order valence-electron chi connectivity index (χ0n) is 10.7. The van der Waals surface area contributed by atoms with Gasteiger partial charge < -0.3 is 5.11 Å². The topological polar surface area (TPSA) is 33.1 Å². The van der Waals surface area contributed by atoms with Gasteiger partial charge in [0.1, 0.15) is 6.10 Å². The Bertz CT molecular complexity index is 414. The number of hydrogen-bond donors (Lipinski definition) is 1. The van der Waals surface area contributed by atoms with Crippen molar-refractivity contribution in [3.8, 4) is 0 Å². The van der Waals surface area contributed by atoms with Crippen LogP contribution in [0.1, 0.15) is 44.9 Å². The summed E-state index contributed by atoms with van der Waals surface area (Å²) in [4.78, 5) is 4.19. The molecule has 1 saturated carbocycles. The molecule has 2 nitrogen and oxygen atoms in total. The molecule has 1 heterocycles. The molecule has 2 rings (SSSR count). The van der Waals surface area contributed by atoms with Crippen molar-refractivity contribution in [2.45, 2.75) is 39.2 Å². The van der Waals surface area contributed by atoms with E-state index in [1.807, 2.05) is 0 Å². The van der Waals surface area contributed by atoms with E-state index in [-0.39, 0.29) is 5.92 Å². The normalized spacial score (nSPS) is 30.2. The molecule has 1 aromatic rings. The molecule has 0 spiro atoms. The van der Waals surface area contributed by atoms with E-state index in [1.165, 1.54) is 6.42 Å². The molecule has 1 aliphatic carbocycles. The van der Waals surface area contributed by atoms with Gasteiger partial charge in [0.05, 0.1) is 15.7 Å². The third kappa shape index (κ3) is 3.17. The van der Waals surface area contributed by atoms with Gasteiger partial charge in [0.25, 0.3) is 0 Å². The van der Waals surface area contributed by atoms with Crippen LogP contribution in [-0.2, 0) is 0 Å². The van der Waals surface area contributed by atoms with E-state index in [0.717, 1.165) is 12.8 Å². The lowest BCUT2D eigenvalue weighted by atomic mass is 9.74. The van der Waals surface area contributed by atoms with E-state index in [2.05, 4.69) is 18.8 Å². The van der Waals surface area contributed by atoms with Gasteiger partial charge in [0.2, 0.25) is 0 Å². The maximum atomic E-state index is 10.5. The van der Waals surface area contributed by atoms with Crippen molar-refractivity contribution < 1.29 is 5.11 Å². The van der Waals surface area contributed by atoms with Crippen molar-refractivity contribution in [1.82, 2.24) is 4.98 Å². The number of rotatable bonds is 2.